The highest BCUT2D eigenvalue weighted by atomic mass is 32.2. The molecule has 1 aliphatic rings. The maximum absolute atomic E-state index is 12.4. The molecular formula is C24H20N4O3S. The lowest BCUT2D eigenvalue weighted by Gasteiger charge is -2.09. The molecule has 32 heavy (non-hydrogen) atoms. The summed E-state index contributed by atoms with van der Waals surface area (Å²) < 4.78 is 10.5. The highest BCUT2D eigenvalue weighted by molar-refractivity contribution is 7.99. The van der Waals surface area contributed by atoms with Crippen LogP contribution in [0.1, 0.15) is 6.42 Å². The van der Waals surface area contributed by atoms with E-state index in [0.717, 1.165) is 22.5 Å². The van der Waals surface area contributed by atoms with Gasteiger partial charge >= 0.3 is 0 Å². The quantitative estimate of drug-likeness (QED) is 0.361. The van der Waals surface area contributed by atoms with E-state index in [0.29, 0.717) is 34.5 Å². The number of carbonyl (C=O) groups excluding carboxylic acids is 1. The summed E-state index contributed by atoms with van der Waals surface area (Å²) in [5.41, 5.74) is 4.43. The van der Waals surface area contributed by atoms with Crippen LogP contribution in [0.4, 0.5) is 5.69 Å². The minimum Gasteiger partial charge on any atom is -0.497 e. The van der Waals surface area contributed by atoms with E-state index in [2.05, 4.69) is 39.8 Å². The Kier molecular flexibility index (Phi) is 5.36. The fourth-order valence-corrected chi connectivity index (χ4v) is 4.54. The Morgan fingerprint density at radius 2 is 1.62 bits per heavy atom. The summed E-state index contributed by atoms with van der Waals surface area (Å²) in [6, 6.07) is 17.6. The summed E-state index contributed by atoms with van der Waals surface area (Å²) in [6.07, 6.45) is 0.306. The van der Waals surface area contributed by atoms with Crippen LogP contribution in [0.15, 0.2) is 59.8 Å². The van der Waals surface area contributed by atoms with Crippen molar-refractivity contribution >= 4 is 34.1 Å². The van der Waals surface area contributed by atoms with Gasteiger partial charge in [0.1, 0.15) is 22.9 Å². The van der Waals surface area contributed by atoms with Gasteiger partial charge in [0.05, 0.1) is 14.2 Å². The molecule has 1 aromatic heterocycles. The van der Waals surface area contributed by atoms with Crippen molar-refractivity contribution in [3.8, 4) is 34.0 Å². The molecule has 0 atom stereocenters. The van der Waals surface area contributed by atoms with Crippen molar-refractivity contribution in [1.82, 2.24) is 15.2 Å². The van der Waals surface area contributed by atoms with E-state index in [9.17, 15) is 4.79 Å². The normalized spacial score (nSPS) is 11.3. The number of hydrogen-bond donors (Lipinski definition) is 1. The van der Waals surface area contributed by atoms with E-state index in [4.69, 9.17) is 14.5 Å². The van der Waals surface area contributed by atoms with Crippen LogP contribution in [0, 0.1) is 0 Å². The summed E-state index contributed by atoms with van der Waals surface area (Å²) in [5, 5.41) is 14.5. The highest BCUT2D eigenvalue weighted by Gasteiger charge is 2.24. The van der Waals surface area contributed by atoms with Crippen LogP contribution in [-0.4, -0.2) is 41.1 Å². The fourth-order valence-electron chi connectivity index (χ4n) is 3.82. The lowest BCUT2D eigenvalue weighted by atomic mass is 10.0. The number of nitrogens with zero attached hydrogens (tertiary/aromatic N) is 3. The van der Waals surface area contributed by atoms with Crippen molar-refractivity contribution < 1.29 is 14.3 Å². The molecule has 1 N–H and O–H groups in total. The Hall–Kier alpha value is -3.65. The monoisotopic (exact) mass is 444 g/mol. The van der Waals surface area contributed by atoms with Crippen LogP contribution < -0.4 is 14.8 Å². The molecule has 8 heteroatoms. The first-order valence-electron chi connectivity index (χ1n) is 10.1. The number of benzene rings is 3. The van der Waals surface area contributed by atoms with Crippen LogP contribution in [0.25, 0.3) is 33.3 Å². The van der Waals surface area contributed by atoms with E-state index in [1.807, 2.05) is 12.1 Å². The molecule has 1 heterocycles. The third-order valence-corrected chi connectivity index (χ3v) is 6.12. The second-order valence-corrected chi connectivity index (χ2v) is 8.31. The highest BCUT2D eigenvalue weighted by Crippen LogP contribution is 2.44. The van der Waals surface area contributed by atoms with Gasteiger partial charge in [-0.3, -0.25) is 4.79 Å². The van der Waals surface area contributed by atoms with Crippen molar-refractivity contribution in [1.29, 1.82) is 0 Å². The van der Waals surface area contributed by atoms with Gasteiger partial charge in [-0.2, -0.15) is 0 Å². The Morgan fingerprint density at radius 1 is 0.938 bits per heavy atom. The predicted octanol–water partition coefficient (Wildman–Crippen LogP) is 4.81. The molecule has 5 rings (SSSR count). The van der Waals surface area contributed by atoms with Crippen LogP contribution in [0.5, 0.6) is 11.5 Å². The molecule has 1 aliphatic carbocycles. The molecular weight excluding hydrogens is 424 g/mol. The number of anilines is 1. The first kappa shape index (κ1) is 20.3. The van der Waals surface area contributed by atoms with E-state index in [1.165, 1.54) is 22.5 Å². The zero-order valence-electron chi connectivity index (χ0n) is 17.6. The third-order valence-electron chi connectivity index (χ3n) is 5.28. The number of nitrogens with one attached hydrogen (secondary N) is 1. The number of aromatic nitrogens is 3. The van der Waals surface area contributed by atoms with Gasteiger partial charge in [-0.05, 0) is 5.39 Å². The van der Waals surface area contributed by atoms with Gasteiger partial charge in [0.25, 0.3) is 0 Å². The second-order valence-electron chi connectivity index (χ2n) is 7.25. The Morgan fingerprint density at radius 3 is 2.31 bits per heavy atom. The summed E-state index contributed by atoms with van der Waals surface area (Å²) in [7, 11) is 3.14. The van der Waals surface area contributed by atoms with Crippen LogP contribution in [-0.2, 0) is 4.79 Å². The number of fused-ring (bicyclic) bond motifs is 3. The maximum atomic E-state index is 12.4. The zero-order chi connectivity index (χ0) is 22.1. The van der Waals surface area contributed by atoms with E-state index in [-0.39, 0.29) is 5.91 Å². The first-order chi connectivity index (χ1) is 15.7. The van der Waals surface area contributed by atoms with Gasteiger partial charge < -0.3 is 14.8 Å². The van der Waals surface area contributed by atoms with Crippen molar-refractivity contribution in [2.24, 2.45) is 0 Å². The van der Waals surface area contributed by atoms with Gasteiger partial charge in [0.15, 0.2) is 0 Å². The molecule has 3 aromatic carbocycles. The van der Waals surface area contributed by atoms with Gasteiger partial charge in [0, 0.05) is 52.6 Å². The van der Waals surface area contributed by atoms with Gasteiger partial charge in [-0.1, -0.05) is 48.2 Å². The number of rotatable bonds is 7. The van der Waals surface area contributed by atoms with Crippen LogP contribution in [0.2, 0.25) is 0 Å². The average Bonchev–Trinajstić information content (AvgIpc) is 3.14. The van der Waals surface area contributed by atoms with Gasteiger partial charge in [0.2, 0.25) is 11.1 Å². The number of thioether (sulfide) groups is 1. The van der Waals surface area contributed by atoms with E-state index >= 15 is 0 Å². The summed E-state index contributed by atoms with van der Waals surface area (Å²) in [5.74, 6) is 1.65. The van der Waals surface area contributed by atoms with Crippen molar-refractivity contribution in [3.63, 3.8) is 0 Å². The lowest BCUT2D eigenvalue weighted by molar-refractivity contribution is -0.115. The topological polar surface area (TPSA) is 86.2 Å². The molecule has 0 radical (unpaired) electrons. The van der Waals surface area contributed by atoms with E-state index in [1.54, 1.807) is 32.4 Å². The fraction of sp³-hybridized carbons (Fsp3) is 0.167. The largest absolute Gasteiger partial charge is 0.497 e. The number of carbonyl (C=O) groups is 1. The van der Waals surface area contributed by atoms with Gasteiger partial charge in [-0.25, -0.2) is 4.98 Å². The molecule has 0 unspecified atom stereocenters. The third kappa shape index (κ3) is 3.73. The summed E-state index contributed by atoms with van der Waals surface area (Å²) >= 11 is 1.41. The van der Waals surface area contributed by atoms with Crippen LogP contribution in [0.3, 0.4) is 0 Å². The molecule has 0 bridgehead atoms. The summed E-state index contributed by atoms with van der Waals surface area (Å²) in [6.45, 7) is 0. The molecule has 160 valence electrons. The number of ether oxygens (including phenoxy) is 2. The van der Waals surface area contributed by atoms with Crippen LogP contribution >= 0.6 is 11.8 Å². The number of amides is 1. The summed E-state index contributed by atoms with van der Waals surface area (Å²) in [4.78, 5) is 17.1. The second kappa shape index (κ2) is 8.47. The van der Waals surface area contributed by atoms with Crippen molar-refractivity contribution in [2.75, 3.05) is 25.3 Å². The molecule has 1 amide bonds. The predicted molar refractivity (Wildman–Crippen MR) is 125 cm³/mol. The standard InChI is InChI=1S/C24H20N4O3S/c1-30-16-11-15(12-17(13-16)31-2)25-20(29)9-10-32-24-26-22-18-7-3-5-14-6-4-8-19(21(14)18)23(22)27-28-24/h3-8,11-13H,9-10H2,1-2H3,(H,25,29). The zero-order valence-corrected chi connectivity index (χ0v) is 18.4. The molecule has 0 saturated carbocycles. The maximum Gasteiger partial charge on any atom is 0.225 e. The molecule has 0 aliphatic heterocycles. The molecule has 0 fully saturated rings. The van der Waals surface area contributed by atoms with Crippen molar-refractivity contribution in [2.45, 2.75) is 11.6 Å². The molecule has 0 saturated heterocycles. The molecule has 0 spiro atoms. The number of hydrogen-bond acceptors (Lipinski definition) is 7. The smallest absolute Gasteiger partial charge is 0.225 e. The Balaban J connectivity index is 1.26. The number of methoxy groups -OCH3 is 2. The van der Waals surface area contributed by atoms with E-state index < -0.39 is 0 Å². The SMILES string of the molecule is COc1cc(NC(=O)CCSc2nnc3c(n2)-c2cccc4cccc-3c24)cc(OC)c1. The van der Waals surface area contributed by atoms with Crippen molar-refractivity contribution in [3.05, 3.63) is 54.6 Å². The Bertz CT molecular complexity index is 1310. The molecule has 4 aromatic rings. The average molecular weight is 445 g/mol. The first-order valence-corrected chi connectivity index (χ1v) is 11.1. The lowest BCUT2D eigenvalue weighted by Crippen LogP contribution is -2.12. The Labute approximate surface area is 189 Å². The minimum absolute atomic E-state index is 0.112. The minimum atomic E-state index is -0.112. The molecule has 7 nitrogen and oxygen atoms in total. The van der Waals surface area contributed by atoms with Gasteiger partial charge in [-0.15, -0.1) is 10.2 Å².